The zero-order valence-electron chi connectivity index (χ0n) is 65.4. The highest BCUT2D eigenvalue weighted by molar-refractivity contribution is 5.71. The van der Waals surface area contributed by atoms with Crippen molar-refractivity contribution in [2.45, 2.75) is 214 Å². The van der Waals surface area contributed by atoms with Gasteiger partial charge in [-0.2, -0.15) is 0 Å². The van der Waals surface area contributed by atoms with Gasteiger partial charge in [0.05, 0.1) is 0 Å². The Hall–Kier alpha value is -6.52. The minimum absolute atomic E-state index is 0.260. The summed E-state index contributed by atoms with van der Waals surface area (Å²) in [7, 11) is 8.29. The first-order valence-corrected chi connectivity index (χ1v) is 31.9. The van der Waals surface area contributed by atoms with Crippen LogP contribution in [0.15, 0.2) is 128 Å². The molecule has 4 nitrogen and oxygen atoms in total. The van der Waals surface area contributed by atoms with E-state index in [0.29, 0.717) is 48.1 Å². The third-order valence-corrected chi connectivity index (χ3v) is 21.2. The van der Waals surface area contributed by atoms with E-state index < -0.39 is 42.7 Å². The summed E-state index contributed by atoms with van der Waals surface area (Å²) in [5.74, 6) is -2.26. The summed E-state index contributed by atoms with van der Waals surface area (Å²) in [5, 5.41) is 0. The van der Waals surface area contributed by atoms with Crippen molar-refractivity contribution in [3.8, 4) is 45.0 Å². The van der Waals surface area contributed by atoms with Gasteiger partial charge in [0.2, 0.25) is 22.8 Å². The number of benzene rings is 4. The Kier molecular flexibility index (Phi) is 13.2. The maximum atomic E-state index is 9.36. The molecule has 8 aromatic rings. The summed E-state index contributed by atoms with van der Waals surface area (Å²) in [5.41, 5.74) is 25.9. The molecule has 0 amide bonds. The highest BCUT2D eigenvalue weighted by atomic mass is 14.9. The minimum atomic E-state index is -2.13. The third-order valence-electron chi connectivity index (χ3n) is 21.2. The summed E-state index contributed by atoms with van der Waals surface area (Å²) >= 11 is 0. The number of hydrogen-bond acceptors (Lipinski definition) is 0. The Morgan fingerprint density at radius 1 is 0.430 bits per heavy atom. The molecular formula is C82H104N4+4. The van der Waals surface area contributed by atoms with Crippen LogP contribution in [0.2, 0.25) is 0 Å². The summed E-state index contributed by atoms with van der Waals surface area (Å²) < 4.78 is 90.7. The van der Waals surface area contributed by atoms with Gasteiger partial charge in [0.15, 0.2) is 24.8 Å². The second-order valence-electron chi connectivity index (χ2n) is 29.1. The molecule has 5 unspecified atom stereocenters. The number of aryl methyl sites for hydroxylation is 11. The fourth-order valence-corrected chi connectivity index (χ4v) is 15.8. The number of aromatic nitrogens is 4. The van der Waals surface area contributed by atoms with Crippen molar-refractivity contribution in [2.75, 3.05) is 0 Å². The maximum Gasteiger partial charge on any atom is 0.216 e. The quantitative estimate of drug-likeness (QED) is 0.156. The third kappa shape index (κ3) is 11.1. The molecule has 6 aliphatic carbocycles. The molecule has 4 heteroatoms. The van der Waals surface area contributed by atoms with E-state index in [-0.39, 0.29) is 10.8 Å². The van der Waals surface area contributed by atoms with Gasteiger partial charge in [-0.1, -0.05) is 134 Å². The standard InChI is InChI=1S/C21H26N.2C21H28N.C19H22N/c1-13-6-7-15(14(2)12-13)20-19-16(10-11-22(20)5)17-8-9-18(19)21(17,3)4;1-14-7-8-17(16(3)11-14)20-12-18-15(2)9-10-21(4,5)19(18)13-22(20)6;1-15-9-7-8-10-16(15)19-13-17-18(14-22(19)6)21(4,5)12-11-20(17,2)3;1-12-4-7-16(13(2)10-12)19-18-15-6-5-14(11-15)17(18)8-9-20(19)3/h6-7,10-12,17-18H,8-9H2,1-5H3;7-8,11-13,15H,9-10H2,1-6H3;7-10,13-14H,11-12H2,1-6H3;4,7-10,14-15H,5-6,11H2,1-3H3/q4*+1/i1D3,17D,18D;;;1D3,14D,15D. The lowest BCUT2D eigenvalue weighted by Crippen LogP contribution is -2.40. The van der Waals surface area contributed by atoms with Crippen molar-refractivity contribution in [1.82, 2.24) is 0 Å². The predicted molar refractivity (Wildman–Crippen MR) is 359 cm³/mol. The summed E-state index contributed by atoms with van der Waals surface area (Å²) in [6.45, 7) is 27.0. The first kappa shape index (κ1) is 49.5. The molecule has 2 fully saturated rings. The van der Waals surface area contributed by atoms with E-state index in [1.165, 1.54) is 81.6 Å². The van der Waals surface area contributed by atoms with Crippen molar-refractivity contribution in [1.29, 1.82) is 0 Å². The lowest BCUT2D eigenvalue weighted by molar-refractivity contribution is -0.661. The molecule has 86 heavy (non-hydrogen) atoms. The second kappa shape index (κ2) is 22.9. The summed E-state index contributed by atoms with van der Waals surface area (Å²) in [6.07, 6.45) is 17.2. The van der Waals surface area contributed by atoms with Crippen molar-refractivity contribution >= 4 is 0 Å². The zero-order valence-corrected chi connectivity index (χ0v) is 55.4. The van der Waals surface area contributed by atoms with Crippen molar-refractivity contribution in [3.63, 3.8) is 0 Å². The minimum Gasteiger partial charge on any atom is -0.201 e. The van der Waals surface area contributed by atoms with Crippen LogP contribution in [0.4, 0.5) is 0 Å². The van der Waals surface area contributed by atoms with Crippen LogP contribution in [0.25, 0.3) is 45.0 Å². The molecule has 5 atom stereocenters. The van der Waals surface area contributed by atoms with E-state index in [1.54, 1.807) is 29.8 Å². The van der Waals surface area contributed by atoms with Gasteiger partial charge in [-0.05, 0) is 226 Å². The molecule has 0 spiro atoms. The zero-order chi connectivity index (χ0) is 70.4. The van der Waals surface area contributed by atoms with Crippen LogP contribution in [-0.4, -0.2) is 0 Å². The lowest BCUT2D eigenvalue weighted by atomic mass is 9.63. The molecule has 0 aliphatic heterocycles. The van der Waals surface area contributed by atoms with Crippen LogP contribution < -0.4 is 18.3 Å². The van der Waals surface area contributed by atoms with E-state index in [4.69, 9.17) is 11.0 Å². The van der Waals surface area contributed by atoms with Crippen LogP contribution in [0, 0.1) is 53.7 Å². The van der Waals surface area contributed by atoms with Crippen molar-refractivity contribution in [3.05, 3.63) is 211 Å². The first-order valence-electron chi connectivity index (χ1n) is 36.9. The molecule has 14 rings (SSSR count). The van der Waals surface area contributed by atoms with E-state index in [0.717, 1.165) is 62.3 Å². The van der Waals surface area contributed by atoms with Gasteiger partial charge < -0.3 is 0 Å². The predicted octanol–water partition coefficient (Wildman–Crippen LogP) is 18.8. The molecule has 4 heterocycles. The molecule has 4 aromatic heterocycles. The van der Waals surface area contributed by atoms with Crippen LogP contribution >= 0.6 is 0 Å². The van der Waals surface area contributed by atoms with Gasteiger partial charge in [-0.25, -0.2) is 18.3 Å². The highest BCUT2D eigenvalue weighted by Gasteiger charge is 2.54. The smallest absolute Gasteiger partial charge is 0.201 e. The van der Waals surface area contributed by atoms with Gasteiger partial charge in [0.25, 0.3) is 0 Å². The normalized spacial score (nSPS) is 27.0. The van der Waals surface area contributed by atoms with Gasteiger partial charge in [0, 0.05) is 82.5 Å². The number of nitrogens with zero attached hydrogens (tertiary/aromatic N) is 4. The van der Waals surface area contributed by atoms with Crippen LogP contribution in [0.1, 0.15) is 247 Å². The monoisotopic (exact) mass is 1150 g/mol. The molecule has 6 aliphatic rings. The molecule has 4 bridgehead atoms. The lowest BCUT2D eigenvalue weighted by Gasteiger charge is -2.40. The SMILES string of the molecule is Cc1ccc(-c2cc3c(c[n+]2C)C(C)(C)CCC3C)c(C)c1.Cc1ccccc1-c1cc2c(c[n+]1C)C(C)(C)CCC2(C)C.[2H]C([2H])([2H])c1ccc(-c2c3c(cc[n+]2C)C2([2H])CCC3([2H])C2(C)C)c(C)c1.[2H]C([2H])([2H])c1ccc(-c2c3c(cc[n+]2C)C2([2H])CCC3([2H])C2)c(C)c1. The summed E-state index contributed by atoms with van der Waals surface area (Å²) in [6, 6.07) is 34.8. The van der Waals surface area contributed by atoms with Gasteiger partial charge in [-0.15, -0.1) is 0 Å². The van der Waals surface area contributed by atoms with E-state index in [9.17, 15) is 2.74 Å². The summed E-state index contributed by atoms with van der Waals surface area (Å²) in [4.78, 5) is 0. The molecule has 0 N–H and O–H groups in total. The average molecular weight is 1160 g/mol. The van der Waals surface area contributed by atoms with Gasteiger partial charge in [0.1, 0.15) is 28.2 Å². The molecule has 0 radical (unpaired) electrons. The average Bonchev–Trinajstić information content (AvgIpc) is 1.50. The number of pyridine rings is 4. The van der Waals surface area contributed by atoms with Crippen LogP contribution in [-0.2, 0) is 44.4 Å². The number of hydrogen-bond donors (Lipinski definition) is 0. The number of rotatable bonds is 4. The Morgan fingerprint density at radius 3 is 1.55 bits per heavy atom. The molecule has 4 aromatic carbocycles. The highest BCUT2D eigenvalue weighted by Crippen LogP contribution is 2.65. The molecule has 0 saturated heterocycles. The Bertz CT molecular complexity index is 4420. The second-order valence-corrected chi connectivity index (χ2v) is 29.1. The largest absolute Gasteiger partial charge is 0.216 e. The Morgan fingerprint density at radius 2 is 0.930 bits per heavy atom. The Labute approximate surface area is 533 Å². The fourth-order valence-electron chi connectivity index (χ4n) is 15.8. The van der Waals surface area contributed by atoms with Crippen LogP contribution in [0.5, 0.6) is 0 Å². The van der Waals surface area contributed by atoms with Crippen LogP contribution in [0.3, 0.4) is 0 Å². The van der Waals surface area contributed by atoms with Crippen molar-refractivity contribution < 1.29 is 32.0 Å². The molecule has 448 valence electrons. The Balaban J connectivity index is 0.000000131. The number of fused-ring (bicyclic) bond motifs is 12. The van der Waals surface area contributed by atoms with E-state index in [1.807, 2.05) is 87.6 Å². The topological polar surface area (TPSA) is 15.5 Å². The maximum absolute atomic E-state index is 9.36. The fraction of sp³-hybridized carbons (Fsp3) is 0.463. The van der Waals surface area contributed by atoms with Crippen molar-refractivity contribution in [2.24, 2.45) is 33.6 Å². The van der Waals surface area contributed by atoms with E-state index >= 15 is 0 Å². The first-order chi connectivity index (χ1) is 44.4. The van der Waals surface area contributed by atoms with E-state index in [2.05, 4.69) is 159 Å². The molecule has 2 saturated carbocycles. The van der Waals surface area contributed by atoms with Gasteiger partial charge in [-0.3, -0.25) is 0 Å². The molecular weight excluding hydrogens is 1040 g/mol. The van der Waals surface area contributed by atoms with Gasteiger partial charge >= 0.3 is 0 Å².